The summed E-state index contributed by atoms with van der Waals surface area (Å²) in [7, 11) is 0. The van der Waals surface area contributed by atoms with E-state index in [1.165, 1.54) is 0 Å². The number of rotatable bonds is 3. The molecule has 1 aliphatic heterocycles. The number of halogens is 1. The largest absolute Gasteiger partial charge is 0.481 e. The van der Waals surface area contributed by atoms with Crippen molar-refractivity contribution >= 4 is 23.5 Å². The van der Waals surface area contributed by atoms with Crippen molar-refractivity contribution in [3.8, 4) is 0 Å². The van der Waals surface area contributed by atoms with Gasteiger partial charge in [-0.2, -0.15) is 0 Å². The van der Waals surface area contributed by atoms with Crippen molar-refractivity contribution in [1.82, 2.24) is 5.32 Å². The molecule has 0 bridgehead atoms. The van der Waals surface area contributed by atoms with Crippen LogP contribution in [0.3, 0.4) is 0 Å². The van der Waals surface area contributed by atoms with Crippen molar-refractivity contribution in [2.24, 2.45) is 5.92 Å². The minimum atomic E-state index is -0.964. The molecule has 2 rings (SSSR count). The minimum Gasteiger partial charge on any atom is -0.481 e. The molecule has 1 amide bonds. The first-order valence-electron chi connectivity index (χ1n) is 5.45. The van der Waals surface area contributed by atoms with Crippen LogP contribution in [-0.2, 0) is 9.53 Å². The lowest BCUT2D eigenvalue weighted by atomic mass is 10.0. The zero-order chi connectivity index (χ0) is 13.1. The van der Waals surface area contributed by atoms with E-state index in [1.807, 2.05) is 0 Å². The lowest BCUT2D eigenvalue weighted by Crippen LogP contribution is -2.42. The maximum Gasteiger partial charge on any atom is 0.311 e. The molecule has 1 aromatic carbocycles. The van der Waals surface area contributed by atoms with E-state index in [0.717, 1.165) is 0 Å². The number of hydrogen-bond acceptors (Lipinski definition) is 3. The van der Waals surface area contributed by atoms with E-state index in [9.17, 15) is 9.59 Å². The summed E-state index contributed by atoms with van der Waals surface area (Å²) in [4.78, 5) is 22.8. The Bertz CT molecular complexity index is 460. The molecule has 18 heavy (non-hydrogen) atoms. The molecule has 0 aromatic heterocycles. The normalized spacial score (nSPS) is 22.7. The standard InChI is InChI=1S/C12H12ClNO4/c13-8-3-1-7(2-4-8)11(15)14-10-6-18-5-9(10)12(16)17/h1-4,9-10H,5-6H2,(H,14,15)(H,16,17). The molecule has 6 heteroatoms. The number of hydrogen-bond donors (Lipinski definition) is 2. The third-order valence-corrected chi connectivity index (χ3v) is 3.07. The maximum atomic E-state index is 11.9. The second-order valence-corrected chi connectivity index (χ2v) is 4.51. The van der Waals surface area contributed by atoms with E-state index in [-0.39, 0.29) is 19.1 Å². The highest BCUT2D eigenvalue weighted by molar-refractivity contribution is 6.30. The van der Waals surface area contributed by atoms with Gasteiger partial charge >= 0.3 is 5.97 Å². The molecule has 0 radical (unpaired) electrons. The molecule has 1 saturated heterocycles. The third kappa shape index (κ3) is 2.80. The maximum absolute atomic E-state index is 11.9. The summed E-state index contributed by atoms with van der Waals surface area (Å²) in [6.07, 6.45) is 0. The second kappa shape index (κ2) is 5.37. The molecule has 2 N–H and O–H groups in total. The Labute approximate surface area is 109 Å². The highest BCUT2D eigenvalue weighted by Gasteiger charge is 2.35. The smallest absolute Gasteiger partial charge is 0.311 e. The summed E-state index contributed by atoms with van der Waals surface area (Å²) in [6, 6.07) is 5.89. The van der Waals surface area contributed by atoms with Crippen molar-refractivity contribution in [3.05, 3.63) is 34.9 Å². The van der Waals surface area contributed by atoms with Crippen LogP contribution in [0, 0.1) is 5.92 Å². The van der Waals surface area contributed by atoms with Gasteiger partial charge in [0.1, 0.15) is 5.92 Å². The molecule has 0 spiro atoms. The van der Waals surface area contributed by atoms with Gasteiger partial charge in [0, 0.05) is 10.6 Å². The van der Waals surface area contributed by atoms with Crippen LogP contribution in [0.5, 0.6) is 0 Å². The Kier molecular flexibility index (Phi) is 3.84. The van der Waals surface area contributed by atoms with Gasteiger partial charge in [0.15, 0.2) is 0 Å². The van der Waals surface area contributed by atoms with Gasteiger partial charge < -0.3 is 15.2 Å². The monoisotopic (exact) mass is 269 g/mol. The molecule has 0 aliphatic carbocycles. The van der Waals surface area contributed by atoms with Gasteiger partial charge in [0.2, 0.25) is 0 Å². The number of carboxylic acid groups (broad SMARTS) is 1. The van der Waals surface area contributed by atoms with E-state index < -0.39 is 17.9 Å². The fraction of sp³-hybridized carbons (Fsp3) is 0.333. The molecule has 96 valence electrons. The number of aliphatic carboxylic acids is 1. The SMILES string of the molecule is O=C(NC1COCC1C(=O)O)c1ccc(Cl)cc1. The van der Waals surface area contributed by atoms with E-state index in [2.05, 4.69) is 5.32 Å². The Hall–Kier alpha value is -1.59. The molecule has 2 atom stereocenters. The zero-order valence-electron chi connectivity index (χ0n) is 9.43. The Morgan fingerprint density at radius 1 is 1.28 bits per heavy atom. The van der Waals surface area contributed by atoms with Gasteiger partial charge in [0.25, 0.3) is 5.91 Å². The number of nitrogens with one attached hydrogen (secondary N) is 1. The first kappa shape index (κ1) is 12.9. The zero-order valence-corrected chi connectivity index (χ0v) is 10.2. The molecule has 0 saturated carbocycles. The summed E-state index contributed by atoms with van der Waals surface area (Å²) in [5.41, 5.74) is 0.440. The van der Waals surface area contributed by atoms with E-state index in [0.29, 0.717) is 10.6 Å². The van der Waals surface area contributed by atoms with Crippen LogP contribution in [0.2, 0.25) is 5.02 Å². The van der Waals surface area contributed by atoms with Crippen molar-refractivity contribution < 1.29 is 19.4 Å². The van der Waals surface area contributed by atoms with E-state index in [4.69, 9.17) is 21.4 Å². The Morgan fingerprint density at radius 3 is 2.56 bits per heavy atom. The first-order chi connectivity index (χ1) is 8.58. The van der Waals surface area contributed by atoms with Crippen molar-refractivity contribution in [2.45, 2.75) is 6.04 Å². The van der Waals surface area contributed by atoms with Crippen molar-refractivity contribution in [1.29, 1.82) is 0 Å². The average Bonchev–Trinajstić information content (AvgIpc) is 2.78. The van der Waals surface area contributed by atoms with E-state index >= 15 is 0 Å². The lowest BCUT2D eigenvalue weighted by Gasteiger charge is -2.15. The summed E-state index contributed by atoms with van der Waals surface area (Å²) >= 11 is 5.72. The topological polar surface area (TPSA) is 75.6 Å². The fourth-order valence-corrected chi connectivity index (χ4v) is 1.92. The van der Waals surface area contributed by atoms with Gasteiger partial charge in [0.05, 0.1) is 19.3 Å². The predicted octanol–water partition coefficient (Wildman–Crippen LogP) is 1.17. The summed E-state index contributed by atoms with van der Waals surface area (Å²) < 4.78 is 5.07. The number of ether oxygens (including phenoxy) is 1. The average molecular weight is 270 g/mol. The van der Waals surface area contributed by atoms with Crippen LogP contribution in [0.15, 0.2) is 24.3 Å². The van der Waals surface area contributed by atoms with Crippen molar-refractivity contribution in [2.75, 3.05) is 13.2 Å². The number of carboxylic acids is 1. The van der Waals surface area contributed by atoms with Crippen LogP contribution < -0.4 is 5.32 Å². The van der Waals surface area contributed by atoms with Crippen molar-refractivity contribution in [3.63, 3.8) is 0 Å². The lowest BCUT2D eigenvalue weighted by molar-refractivity contribution is -0.142. The first-order valence-corrected chi connectivity index (χ1v) is 5.82. The van der Waals surface area contributed by atoms with Gasteiger partial charge in [-0.15, -0.1) is 0 Å². The number of carbonyl (C=O) groups is 2. The van der Waals surface area contributed by atoms with Crippen LogP contribution in [0.1, 0.15) is 10.4 Å². The quantitative estimate of drug-likeness (QED) is 0.864. The molecular weight excluding hydrogens is 258 g/mol. The molecule has 1 aliphatic rings. The van der Waals surface area contributed by atoms with Crippen LogP contribution in [0.25, 0.3) is 0 Å². The van der Waals surface area contributed by atoms with Gasteiger partial charge in [-0.3, -0.25) is 9.59 Å². The molecule has 1 aromatic rings. The molecule has 2 unspecified atom stereocenters. The molecular formula is C12H12ClNO4. The van der Waals surface area contributed by atoms with Gasteiger partial charge in [-0.1, -0.05) is 11.6 Å². The molecule has 1 heterocycles. The number of benzene rings is 1. The molecule has 5 nitrogen and oxygen atoms in total. The van der Waals surface area contributed by atoms with Crippen LogP contribution >= 0.6 is 11.6 Å². The van der Waals surface area contributed by atoms with Crippen LogP contribution in [0.4, 0.5) is 0 Å². The summed E-state index contributed by atoms with van der Waals surface area (Å²) in [6.45, 7) is 0.344. The van der Waals surface area contributed by atoms with Crippen LogP contribution in [-0.4, -0.2) is 36.2 Å². The number of amides is 1. The summed E-state index contributed by atoms with van der Waals surface area (Å²) in [5.74, 6) is -1.98. The predicted molar refractivity (Wildman–Crippen MR) is 64.7 cm³/mol. The van der Waals surface area contributed by atoms with E-state index in [1.54, 1.807) is 24.3 Å². The highest BCUT2D eigenvalue weighted by Crippen LogP contribution is 2.15. The van der Waals surface area contributed by atoms with Gasteiger partial charge in [-0.25, -0.2) is 0 Å². The molecule has 1 fully saturated rings. The minimum absolute atomic E-state index is 0.126. The highest BCUT2D eigenvalue weighted by atomic mass is 35.5. The summed E-state index contributed by atoms with van der Waals surface area (Å²) in [5, 5.41) is 12.2. The fourth-order valence-electron chi connectivity index (χ4n) is 1.79. The second-order valence-electron chi connectivity index (χ2n) is 4.07. The Balaban J connectivity index is 2.03. The number of carbonyl (C=O) groups excluding carboxylic acids is 1. The third-order valence-electron chi connectivity index (χ3n) is 2.82. The van der Waals surface area contributed by atoms with Gasteiger partial charge in [-0.05, 0) is 24.3 Å². The Morgan fingerprint density at radius 2 is 1.94 bits per heavy atom.